The number of hydrogen-bond donors (Lipinski definition) is 0. The Morgan fingerprint density at radius 1 is 0.939 bits per heavy atom. The summed E-state index contributed by atoms with van der Waals surface area (Å²) in [6, 6.07) is 12.0. The smallest absolute Gasteiger partial charge is 0.200 e. The van der Waals surface area contributed by atoms with E-state index in [1.54, 1.807) is 5.56 Å². The molecule has 33 heavy (non-hydrogen) atoms. The molecule has 0 atom stereocenters. The van der Waals surface area contributed by atoms with Crippen molar-refractivity contribution in [2.24, 2.45) is 12.5 Å². The molecule has 0 bridgehead atoms. The van der Waals surface area contributed by atoms with Crippen LogP contribution in [0.25, 0.3) is 22.0 Å². The average molecular weight is 443 g/mol. The van der Waals surface area contributed by atoms with Crippen LogP contribution in [0.4, 0.5) is 0 Å². The van der Waals surface area contributed by atoms with Crippen LogP contribution in [-0.2, 0) is 13.5 Å². The predicted octanol–water partition coefficient (Wildman–Crippen LogP) is 8.54. The van der Waals surface area contributed by atoms with Crippen LogP contribution in [0.3, 0.4) is 0 Å². The van der Waals surface area contributed by atoms with Gasteiger partial charge in [0.2, 0.25) is 5.69 Å². The minimum absolute atomic E-state index is 0.185. The molecule has 0 N–H and O–H groups in total. The highest BCUT2D eigenvalue weighted by molar-refractivity contribution is 5.94. The highest BCUT2D eigenvalue weighted by Gasteiger charge is 2.27. The maximum absolute atomic E-state index is 8.85. The Morgan fingerprint density at radius 2 is 1.61 bits per heavy atom. The molecule has 1 nitrogen and oxygen atoms in total. The standard InChI is InChI=1S/C32H42N/c1-22-29(25-12-8-9-13-25)19-27(24-10-6-7-11-24)20-30(22)31-28-15-14-23(21-32(2,3)4)18-26(28)16-17-33(31)5/h14-20,24-25H,6-13,21H2,1-5H3/q+1/i16D,17D. The molecule has 2 aliphatic carbocycles. The molecule has 1 aromatic heterocycles. The highest BCUT2D eigenvalue weighted by atomic mass is 14.9. The van der Waals surface area contributed by atoms with E-state index in [0.29, 0.717) is 24.1 Å². The van der Waals surface area contributed by atoms with Crippen molar-refractivity contribution in [1.82, 2.24) is 0 Å². The van der Waals surface area contributed by atoms with Crippen molar-refractivity contribution in [3.8, 4) is 11.3 Å². The van der Waals surface area contributed by atoms with Crippen molar-refractivity contribution in [3.05, 3.63) is 64.8 Å². The van der Waals surface area contributed by atoms with Crippen LogP contribution in [0, 0.1) is 12.3 Å². The first-order chi connectivity index (χ1) is 16.6. The van der Waals surface area contributed by atoms with Gasteiger partial charge in [-0.1, -0.05) is 64.7 Å². The fourth-order valence-corrected chi connectivity index (χ4v) is 6.49. The fourth-order valence-electron chi connectivity index (χ4n) is 6.49. The summed E-state index contributed by atoms with van der Waals surface area (Å²) in [5.41, 5.74) is 8.25. The van der Waals surface area contributed by atoms with Crippen molar-refractivity contribution in [2.45, 2.75) is 97.3 Å². The van der Waals surface area contributed by atoms with Gasteiger partial charge in [0.05, 0.1) is 12.3 Å². The maximum Gasteiger partial charge on any atom is 0.220 e. The van der Waals surface area contributed by atoms with Crippen molar-refractivity contribution in [1.29, 1.82) is 0 Å². The second-order valence-electron chi connectivity index (χ2n) is 12.0. The predicted molar refractivity (Wildman–Crippen MR) is 141 cm³/mol. The third-order valence-electron chi connectivity index (χ3n) is 8.11. The van der Waals surface area contributed by atoms with Gasteiger partial charge in [-0.15, -0.1) is 0 Å². The van der Waals surface area contributed by atoms with E-state index in [4.69, 9.17) is 2.74 Å². The average Bonchev–Trinajstić information content (AvgIpc) is 3.53. The van der Waals surface area contributed by atoms with E-state index in [1.807, 2.05) is 11.6 Å². The van der Waals surface area contributed by atoms with Gasteiger partial charge in [-0.05, 0) is 96.1 Å². The minimum atomic E-state index is 0.185. The number of hydrogen-bond acceptors (Lipinski definition) is 0. The Balaban J connectivity index is 1.76. The lowest BCUT2D eigenvalue weighted by molar-refractivity contribution is -0.659. The fraction of sp³-hybridized carbons (Fsp3) is 0.531. The molecule has 5 rings (SSSR count). The molecule has 2 fully saturated rings. The van der Waals surface area contributed by atoms with E-state index in [2.05, 4.69) is 58.0 Å². The third kappa shape index (κ3) is 4.61. The molecule has 0 saturated heterocycles. The van der Waals surface area contributed by atoms with Crippen LogP contribution in [0.1, 0.15) is 109 Å². The minimum Gasteiger partial charge on any atom is -0.200 e. The van der Waals surface area contributed by atoms with Crippen LogP contribution < -0.4 is 4.57 Å². The summed E-state index contributed by atoms with van der Waals surface area (Å²) < 4.78 is 19.6. The molecule has 2 aliphatic rings. The SMILES string of the molecule is [2H]c1c([2H])[n+](C)c(-c2cc(C3CCCC3)cc(C3CCCC3)c2C)c2ccc(CC(C)(C)C)cc12. The molecule has 0 unspecified atom stereocenters. The van der Waals surface area contributed by atoms with Gasteiger partial charge in [0, 0.05) is 6.04 Å². The molecule has 0 spiro atoms. The first-order valence-corrected chi connectivity index (χ1v) is 13.2. The van der Waals surface area contributed by atoms with E-state index in [-0.39, 0.29) is 5.41 Å². The third-order valence-corrected chi connectivity index (χ3v) is 8.11. The van der Waals surface area contributed by atoms with E-state index in [0.717, 1.165) is 22.9 Å². The van der Waals surface area contributed by atoms with Gasteiger partial charge in [-0.25, -0.2) is 4.57 Å². The monoisotopic (exact) mass is 442 g/mol. The summed E-state index contributed by atoms with van der Waals surface area (Å²) in [6.45, 7) is 9.08. The van der Waals surface area contributed by atoms with E-state index < -0.39 is 0 Å². The Kier molecular flexibility index (Phi) is 5.46. The van der Waals surface area contributed by atoms with E-state index >= 15 is 0 Å². The Morgan fingerprint density at radius 3 is 2.27 bits per heavy atom. The number of fused-ring (bicyclic) bond motifs is 1. The lowest BCUT2D eigenvalue weighted by Crippen LogP contribution is -2.31. The van der Waals surface area contributed by atoms with Crippen molar-refractivity contribution >= 4 is 10.8 Å². The first-order valence-electron chi connectivity index (χ1n) is 14.2. The number of benzene rings is 2. The number of aromatic nitrogens is 1. The quantitative estimate of drug-likeness (QED) is 0.356. The molecule has 0 radical (unpaired) electrons. The van der Waals surface area contributed by atoms with Crippen molar-refractivity contribution in [2.75, 3.05) is 0 Å². The van der Waals surface area contributed by atoms with Gasteiger partial charge in [0.25, 0.3) is 0 Å². The zero-order valence-corrected chi connectivity index (χ0v) is 21.4. The molecule has 1 heterocycles. The summed E-state index contributed by atoms with van der Waals surface area (Å²) in [7, 11) is 1.98. The van der Waals surface area contributed by atoms with Crippen LogP contribution in [0.5, 0.6) is 0 Å². The second-order valence-corrected chi connectivity index (χ2v) is 12.0. The van der Waals surface area contributed by atoms with Crippen molar-refractivity contribution in [3.63, 3.8) is 0 Å². The van der Waals surface area contributed by atoms with E-state index in [9.17, 15) is 0 Å². The van der Waals surface area contributed by atoms with Gasteiger partial charge in [0.1, 0.15) is 8.42 Å². The molecular weight excluding hydrogens is 398 g/mol. The zero-order chi connectivity index (χ0) is 24.9. The highest BCUT2D eigenvalue weighted by Crippen LogP contribution is 2.43. The summed E-state index contributed by atoms with van der Waals surface area (Å²) in [4.78, 5) is 0. The lowest BCUT2D eigenvalue weighted by atomic mass is 9.83. The molecule has 1 heteroatoms. The molecule has 2 aromatic carbocycles. The summed E-state index contributed by atoms with van der Waals surface area (Å²) in [5.74, 6) is 1.33. The molecule has 0 aliphatic heterocycles. The topological polar surface area (TPSA) is 3.88 Å². The van der Waals surface area contributed by atoms with E-state index in [1.165, 1.54) is 73.6 Å². The Bertz CT molecular complexity index is 1260. The number of pyridine rings is 1. The van der Waals surface area contributed by atoms with Crippen LogP contribution in [-0.4, -0.2) is 0 Å². The number of nitrogens with zero attached hydrogens (tertiary/aromatic N) is 1. The molecular formula is C32H42N+. The molecule has 3 aromatic rings. The normalized spacial score (nSPS) is 18.8. The van der Waals surface area contributed by atoms with Crippen molar-refractivity contribution < 1.29 is 7.31 Å². The molecule has 0 amide bonds. The van der Waals surface area contributed by atoms with Gasteiger partial charge < -0.3 is 0 Å². The van der Waals surface area contributed by atoms with Crippen LogP contribution in [0.2, 0.25) is 0 Å². The zero-order valence-electron chi connectivity index (χ0n) is 23.4. The largest absolute Gasteiger partial charge is 0.220 e. The summed E-state index contributed by atoms with van der Waals surface area (Å²) >= 11 is 0. The Labute approximate surface area is 204 Å². The van der Waals surface area contributed by atoms with Gasteiger partial charge in [0.15, 0.2) is 6.17 Å². The van der Waals surface area contributed by atoms with Gasteiger partial charge >= 0.3 is 0 Å². The lowest BCUT2D eigenvalue weighted by Gasteiger charge is -2.21. The Hall–Kier alpha value is -2.15. The van der Waals surface area contributed by atoms with Gasteiger partial charge in [-0.2, -0.15) is 0 Å². The molecule has 174 valence electrons. The summed E-state index contributed by atoms with van der Waals surface area (Å²) in [5, 5.41) is 2.02. The summed E-state index contributed by atoms with van der Waals surface area (Å²) in [6.07, 6.45) is 11.8. The van der Waals surface area contributed by atoms with Gasteiger partial charge in [-0.3, -0.25) is 0 Å². The first kappa shape index (κ1) is 20.2. The van der Waals surface area contributed by atoms with Crippen LogP contribution >= 0.6 is 0 Å². The number of rotatable bonds is 4. The second kappa shape index (κ2) is 8.90. The van der Waals surface area contributed by atoms with Crippen LogP contribution in [0.15, 0.2) is 42.5 Å². The maximum atomic E-state index is 8.85. The molecule has 2 saturated carbocycles.